The van der Waals surface area contributed by atoms with E-state index in [9.17, 15) is 14.0 Å². The van der Waals surface area contributed by atoms with Crippen molar-refractivity contribution < 1.29 is 18.9 Å². The van der Waals surface area contributed by atoms with Crippen LogP contribution in [-0.2, 0) is 11.3 Å². The summed E-state index contributed by atoms with van der Waals surface area (Å²) < 4.78 is 13.0. The molecule has 0 radical (unpaired) electrons. The first kappa shape index (κ1) is 19.0. The maximum absolute atomic E-state index is 13.0. The van der Waals surface area contributed by atoms with Gasteiger partial charge in [-0.25, -0.2) is 4.39 Å². The minimum Gasteiger partial charge on any atom is -0.348 e. The lowest BCUT2D eigenvalue weighted by Gasteiger charge is -2.33. The van der Waals surface area contributed by atoms with Crippen molar-refractivity contribution in [3.8, 4) is 0 Å². The number of piperidine rings is 1. The second kappa shape index (κ2) is 8.32. The molecule has 0 aliphatic carbocycles. The van der Waals surface area contributed by atoms with Crippen LogP contribution in [0.2, 0.25) is 0 Å². The van der Waals surface area contributed by atoms with E-state index in [0.717, 1.165) is 23.5 Å². The molecule has 2 aliphatic heterocycles. The molecule has 0 bridgehead atoms. The SMILES string of the molecule is O=C(NCc1ccc(F)cc1)c1ccc2c(c1)NC(=O)C([NH+]1CCCCC1)S2. The number of amides is 2. The summed E-state index contributed by atoms with van der Waals surface area (Å²) in [6.07, 6.45) is 3.58. The summed E-state index contributed by atoms with van der Waals surface area (Å²) in [5.74, 6) is -0.517. The van der Waals surface area contributed by atoms with E-state index in [1.54, 1.807) is 36.0 Å². The smallest absolute Gasteiger partial charge is 0.294 e. The summed E-state index contributed by atoms with van der Waals surface area (Å²) in [6.45, 7) is 2.38. The number of halogens is 1. The standard InChI is InChI=1S/C21H22FN3O2S/c22-16-7-4-14(5-8-16)13-23-19(26)15-6-9-18-17(12-15)24-20(27)21(28-18)25-10-2-1-3-11-25/h4-9,12,21H,1-3,10-11,13H2,(H,23,26)(H,24,27)/p+1. The summed E-state index contributed by atoms with van der Waals surface area (Å²) >= 11 is 1.59. The molecule has 2 amide bonds. The number of quaternary nitrogens is 1. The highest BCUT2D eigenvalue weighted by molar-refractivity contribution is 8.00. The molecule has 2 heterocycles. The van der Waals surface area contributed by atoms with Gasteiger partial charge in [0.05, 0.1) is 18.8 Å². The molecule has 0 spiro atoms. The maximum atomic E-state index is 13.0. The Kier molecular flexibility index (Phi) is 5.64. The number of carbonyl (C=O) groups is 2. The van der Waals surface area contributed by atoms with Gasteiger partial charge >= 0.3 is 0 Å². The Balaban J connectivity index is 1.42. The van der Waals surface area contributed by atoms with Gasteiger partial charge in [-0.15, -0.1) is 0 Å². The zero-order chi connectivity index (χ0) is 19.5. The van der Waals surface area contributed by atoms with Crippen LogP contribution in [0.1, 0.15) is 35.2 Å². The number of hydrogen-bond acceptors (Lipinski definition) is 3. The first-order valence-corrected chi connectivity index (χ1v) is 10.5. The summed E-state index contributed by atoms with van der Waals surface area (Å²) in [7, 11) is 0. The van der Waals surface area contributed by atoms with Crippen LogP contribution >= 0.6 is 11.8 Å². The second-order valence-electron chi connectivity index (χ2n) is 7.23. The van der Waals surface area contributed by atoms with Crippen LogP contribution in [0.3, 0.4) is 0 Å². The fourth-order valence-corrected chi connectivity index (χ4v) is 4.88. The molecule has 1 atom stereocenters. The zero-order valence-corrected chi connectivity index (χ0v) is 16.3. The summed E-state index contributed by atoms with van der Waals surface area (Å²) in [5, 5.41) is 5.69. The van der Waals surface area contributed by atoms with Gasteiger partial charge in [0, 0.05) is 17.0 Å². The molecule has 2 aromatic carbocycles. The van der Waals surface area contributed by atoms with Gasteiger partial charge in [0.2, 0.25) is 5.37 Å². The van der Waals surface area contributed by atoms with Crippen molar-refractivity contribution in [2.75, 3.05) is 18.4 Å². The van der Waals surface area contributed by atoms with Crippen LogP contribution in [0.5, 0.6) is 0 Å². The number of hydrogen-bond donors (Lipinski definition) is 3. The van der Waals surface area contributed by atoms with Crippen LogP contribution in [-0.4, -0.2) is 30.3 Å². The van der Waals surface area contributed by atoms with Gasteiger partial charge in [0.25, 0.3) is 11.8 Å². The molecule has 1 saturated heterocycles. The zero-order valence-electron chi connectivity index (χ0n) is 15.5. The fourth-order valence-electron chi connectivity index (χ4n) is 3.67. The van der Waals surface area contributed by atoms with Gasteiger partial charge in [-0.2, -0.15) is 0 Å². The lowest BCUT2D eigenvalue weighted by atomic mass is 10.1. The third kappa shape index (κ3) is 4.20. The molecule has 1 unspecified atom stereocenters. The van der Waals surface area contributed by atoms with Gasteiger partial charge < -0.3 is 15.5 Å². The average molecular weight is 400 g/mol. The fraction of sp³-hybridized carbons (Fsp3) is 0.333. The van der Waals surface area contributed by atoms with Crippen molar-refractivity contribution in [3.63, 3.8) is 0 Å². The van der Waals surface area contributed by atoms with Crippen molar-refractivity contribution >= 4 is 29.3 Å². The Bertz CT molecular complexity index is 882. The highest BCUT2D eigenvalue weighted by atomic mass is 32.2. The van der Waals surface area contributed by atoms with Gasteiger partial charge in [-0.3, -0.25) is 9.59 Å². The number of fused-ring (bicyclic) bond motifs is 1. The molecule has 2 aromatic rings. The number of anilines is 1. The quantitative estimate of drug-likeness (QED) is 0.737. The van der Waals surface area contributed by atoms with Gasteiger partial charge in [0.15, 0.2) is 0 Å². The van der Waals surface area contributed by atoms with Crippen LogP contribution < -0.4 is 15.5 Å². The normalized spacial score (nSPS) is 19.6. The van der Waals surface area contributed by atoms with E-state index in [0.29, 0.717) is 17.8 Å². The third-order valence-corrected chi connectivity index (χ3v) is 6.61. The molecule has 1 fully saturated rings. The molecular weight excluding hydrogens is 377 g/mol. The molecule has 0 aromatic heterocycles. The highest BCUT2D eigenvalue weighted by Gasteiger charge is 2.36. The molecule has 7 heteroatoms. The monoisotopic (exact) mass is 400 g/mol. The number of likely N-dealkylation sites (tertiary alicyclic amines) is 1. The predicted molar refractivity (Wildman–Crippen MR) is 107 cm³/mol. The van der Waals surface area contributed by atoms with E-state index in [1.807, 2.05) is 6.07 Å². The molecule has 4 rings (SSSR count). The Morgan fingerprint density at radius 1 is 1.14 bits per heavy atom. The number of thioether (sulfide) groups is 1. The summed E-state index contributed by atoms with van der Waals surface area (Å²) in [4.78, 5) is 27.4. The summed E-state index contributed by atoms with van der Waals surface area (Å²) in [5.41, 5.74) is 2.01. The molecule has 3 N–H and O–H groups in total. The van der Waals surface area contributed by atoms with Crippen molar-refractivity contribution in [3.05, 3.63) is 59.4 Å². The van der Waals surface area contributed by atoms with E-state index in [1.165, 1.54) is 36.3 Å². The van der Waals surface area contributed by atoms with E-state index in [4.69, 9.17) is 0 Å². The lowest BCUT2D eigenvalue weighted by Crippen LogP contribution is -3.17. The van der Waals surface area contributed by atoms with Crippen molar-refractivity contribution in [2.45, 2.75) is 36.1 Å². The van der Waals surface area contributed by atoms with Crippen LogP contribution in [0.15, 0.2) is 47.4 Å². The molecule has 0 saturated carbocycles. The van der Waals surface area contributed by atoms with Crippen LogP contribution in [0.25, 0.3) is 0 Å². The number of carbonyl (C=O) groups excluding carboxylic acids is 2. The average Bonchev–Trinajstić information content (AvgIpc) is 2.73. The van der Waals surface area contributed by atoms with Crippen LogP contribution in [0.4, 0.5) is 10.1 Å². The molecule has 2 aliphatic rings. The predicted octanol–water partition coefficient (Wildman–Crippen LogP) is 2.19. The first-order valence-electron chi connectivity index (χ1n) is 9.59. The van der Waals surface area contributed by atoms with E-state index in [-0.39, 0.29) is 23.0 Å². The van der Waals surface area contributed by atoms with Crippen molar-refractivity contribution in [2.24, 2.45) is 0 Å². The Morgan fingerprint density at radius 2 is 1.89 bits per heavy atom. The van der Waals surface area contributed by atoms with E-state index < -0.39 is 0 Å². The van der Waals surface area contributed by atoms with Crippen molar-refractivity contribution in [1.29, 1.82) is 0 Å². The molecule has 28 heavy (non-hydrogen) atoms. The van der Waals surface area contributed by atoms with Gasteiger partial charge in [-0.05, 0) is 55.2 Å². The summed E-state index contributed by atoms with van der Waals surface area (Å²) in [6, 6.07) is 11.4. The Hall–Kier alpha value is -2.38. The Labute approximate surface area is 167 Å². The Morgan fingerprint density at radius 3 is 2.64 bits per heavy atom. The second-order valence-corrected chi connectivity index (χ2v) is 8.37. The van der Waals surface area contributed by atoms with Crippen molar-refractivity contribution in [1.82, 2.24) is 5.32 Å². The number of nitrogens with one attached hydrogen (secondary N) is 3. The molecule has 146 valence electrons. The van der Waals surface area contributed by atoms with E-state index in [2.05, 4.69) is 10.6 Å². The highest BCUT2D eigenvalue weighted by Crippen LogP contribution is 2.34. The molecular formula is C21H23FN3O2S+. The number of rotatable bonds is 4. The maximum Gasteiger partial charge on any atom is 0.294 e. The van der Waals surface area contributed by atoms with Gasteiger partial charge in [-0.1, -0.05) is 23.9 Å². The van der Waals surface area contributed by atoms with Crippen LogP contribution in [0, 0.1) is 5.82 Å². The first-order chi connectivity index (χ1) is 13.6. The minimum atomic E-state index is -0.303. The van der Waals surface area contributed by atoms with Gasteiger partial charge in [0.1, 0.15) is 5.82 Å². The lowest BCUT2D eigenvalue weighted by molar-refractivity contribution is -0.906. The third-order valence-electron chi connectivity index (χ3n) is 5.22. The molecule has 5 nitrogen and oxygen atoms in total. The largest absolute Gasteiger partial charge is 0.348 e. The topological polar surface area (TPSA) is 62.6 Å². The minimum absolute atomic E-state index is 0.0123. The van der Waals surface area contributed by atoms with E-state index >= 15 is 0 Å². The number of benzene rings is 2.